The third-order valence-electron chi connectivity index (χ3n) is 3.44. The molecule has 1 aliphatic heterocycles. The van der Waals surface area contributed by atoms with E-state index in [0.29, 0.717) is 16.7 Å². The lowest BCUT2D eigenvalue weighted by atomic mass is 10.2. The van der Waals surface area contributed by atoms with Gasteiger partial charge in [0.15, 0.2) is 0 Å². The summed E-state index contributed by atoms with van der Waals surface area (Å²) in [6, 6.07) is 0. The van der Waals surface area contributed by atoms with Crippen LogP contribution in [0.2, 0.25) is 0 Å². The first-order valence-electron chi connectivity index (χ1n) is 6.63. The lowest BCUT2D eigenvalue weighted by Crippen LogP contribution is -2.36. The lowest BCUT2D eigenvalue weighted by molar-refractivity contribution is -0.141. The molecule has 1 atom stereocenters. The molecule has 2 amide bonds. The standard InChI is InChI=1S/C15H21NO4/c1-6-10(3)15(19)20-8-9(2)7-16-13(17)11(4)12(5)14(16)18/h6,9H,7-8H2,1-5H3/b10-6+/t9-/m1/s1. The third kappa shape index (κ3) is 3.35. The Morgan fingerprint density at radius 2 is 1.75 bits per heavy atom. The molecule has 1 heterocycles. The molecule has 110 valence electrons. The van der Waals surface area contributed by atoms with Crippen LogP contribution in [0.25, 0.3) is 0 Å². The van der Waals surface area contributed by atoms with Crippen molar-refractivity contribution in [2.24, 2.45) is 5.92 Å². The highest BCUT2D eigenvalue weighted by atomic mass is 16.5. The Morgan fingerprint density at radius 3 is 2.20 bits per heavy atom. The van der Waals surface area contributed by atoms with Gasteiger partial charge in [-0.3, -0.25) is 14.5 Å². The molecule has 0 aromatic rings. The second-order valence-electron chi connectivity index (χ2n) is 5.15. The average Bonchev–Trinajstić information content (AvgIpc) is 2.61. The van der Waals surface area contributed by atoms with Crippen LogP contribution in [-0.2, 0) is 19.1 Å². The van der Waals surface area contributed by atoms with Crippen molar-refractivity contribution >= 4 is 17.8 Å². The fourth-order valence-corrected chi connectivity index (χ4v) is 1.80. The van der Waals surface area contributed by atoms with E-state index >= 15 is 0 Å². The molecular formula is C15H21NO4. The van der Waals surface area contributed by atoms with E-state index in [4.69, 9.17) is 4.74 Å². The Bertz CT molecular complexity index is 478. The van der Waals surface area contributed by atoms with Gasteiger partial charge >= 0.3 is 5.97 Å². The Morgan fingerprint density at radius 1 is 1.25 bits per heavy atom. The van der Waals surface area contributed by atoms with Gasteiger partial charge < -0.3 is 4.74 Å². The van der Waals surface area contributed by atoms with Gasteiger partial charge in [0.05, 0.1) is 6.61 Å². The number of hydrogen-bond donors (Lipinski definition) is 0. The van der Waals surface area contributed by atoms with Crippen LogP contribution in [0.1, 0.15) is 34.6 Å². The summed E-state index contributed by atoms with van der Waals surface area (Å²) in [5, 5.41) is 0. The van der Waals surface area contributed by atoms with Crippen LogP contribution < -0.4 is 0 Å². The SMILES string of the molecule is C/C=C(\C)C(=O)OC[C@H](C)CN1C(=O)C(C)=C(C)C1=O. The van der Waals surface area contributed by atoms with E-state index < -0.39 is 0 Å². The van der Waals surface area contributed by atoms with Crippen LogP contribution in [0.15, 0.2) is 22.8 Å². The summed E-state index contributed by atoms with van der Waals surface area (Å²) in [5.41, 5.74) is 1.52. The van der Waals surface area contributed by atoms with E-state index in [1.807, 2.05) is 6.92 Å². The normalized spacial score (nSPS) is 17.9. The number of amides is 2. The summed E-state index contributed by atoms with van der Waals surface area (Å²) in [5.74, 6) is -0.982. The molecule has 0 aliphatic carbocycles. The highest BCUT2D eigenvalue weighted by Gasteiger charge is 2.34. The zero-order valence-corrected chi connectivity index (χ0v) is 12.6. The van der Waals surface area contributed by atoms with Crippen molar-refractivity contribution in [3.63, 3.8) is 0 Å². The number of imide groups is 1. The highest BCUT2D eigenvalue weighted by Crippen LogP contribution is 2.20. The zero-order valence-electron chi connectivity index (χ0n) is 12.6. The first-order chi connectivity index (χ1) is 9.29. The maximum absolute atomic E-state index is 11.9. The molecule has 0 aromatic carbocycles. The third-order valence-corrected chi connectivity index (χ3v) is 3.44. The van der Waals surface area contributed by atoms with Gasteiger partial charge in [-0.05, 0) is 27.7 Å². The molecule has 5 nitrogen and oxygen atoms in total. The molecule has 0 radical (unpaired) electrons. The van der Waals surface area contributed by atoms with Gasteiger partial charge in [-0.25, -0.2) is 4.79 Å². The molecule has 0 saturated carbocycles. The Balaban J connectivity index is 2.53. The molecular weight excluding hydrogens is 258 g/mol. The van der Waals surface area contributed by atoms with Gasteiger partial charge in [0.2, 0.25) is 0 Å². The minimum absolute atomic E-state index is 0.102. The maximum Gasteiger partial charge on any atom is 0.333 e. The maximum atomic E-state index is 11.9. The fourth-order valence-electron chi connectivity index (χ4n) is 1.80. The Kier molecular flexibility index (Phi) is 5.25. The summed E-state index contributed by atoms with van der Waals surface area (Å²) in [6.07, 6.45) is 1.68. The molecule has 0 bridgehead atoms. The van der Waals surface area contributed by atoms with E-state index in [2.05, 4.69) is 0 Å². The van der Waals surface area contributed by atoms with Gasteiger partial charge in [0.25, 0.3) is 11.8 Å². The van der Waals surface area contributed by atoms with Crippen molar-refractivity contribution in [3.8, 4) is 0 Å². The van der Waals surface area contributed by atoms with Crippen molar-refractivity contribution in [1.29, 1.82) is 0 Å². The number of carbonyl (C=O) groups excluding carboxylic acids is 3. The molecule has 0 spiro atoms. The zero-order chi connectivity index (χ0) is 15.4. The number of rotatable bonds is 5. The number of nitrogens with zero attached hydrogens (tertiary/aromatic N) is 1. The lowest BCUT2D eigenvalue weighted by Gasteiger charge is -2.19. The van der Waals surface area contributed by atoms with Crippen LogP contribution >= 0.6 is 0 Å². The van der Waals surface area contributed by atoms with Gasteiger partial charge in [-0.2, -0.15) is 0 Å². The molecule has 0 saturated heterocycles. The van der Waals surface area contributed by atoms with Crippen molar-refractivity contribution in [1.82, 2.24) is 4.90 Å². The van der Waals surface area contributed by atoms with Crippen molar-refractivity contribution in [2.75, 3.05) is 13.2 Å². The summed E-state index contributed by atoms with van der Waals surface area (Å²) in [4.78, 5) is 36.5. The van der Waals surface area contributed by atoms with Gasteiger partial charge in [-0.1, -0.05) is 13.0 Å². The van der Waals surface area contributed by atoms with E-state index in [-0.39, 0.29) is 36.9 Å². The Labute approximate surface area is 119 Å². The Hall–Kier alpha value is -1.91. The van der Waals surface area contributed by atoms with Crippen LogP contribution in [0.4, 0.5) is 0 Å². The minimum Gasteiger partial charge on any atom is -0.462 e. The molecule has 0 aromatic heterocycles. The van der Waals surface area contributed by atoms with Crippen LogP contribution in [-0.4, -0.2) is 35.8 Å². The van der Waals surface area contributed by atoms with Gasteiger partial charge in [0, 0.05) is 29.2 Å². The summed E-state index contributed by atoms with van der Waals surface area (Å²) >= 11 is 0. The second kappa shape index (κ2) is 6.50. The summed E-state index contributed by atoms with van der Waals surface area (Å²) in [7, 11) is 0. The molecule has 20 heavy (non-hydrogen) atoms. The first-order valence-corrected chi connectivity index (χ1v) is 6.63. The van der Waals surface area contributed by atoms with Crippen LogP contribution in [0.3, 0.4) is 0 Å². The monoisotopic (exact) mass is 279 g/mol. The quantitative estimate of drug-likeness (QED) is 0.437. The smallest absolute Gasteiger partial charge is 0.333 e. The molecule has 0 N–H and O–H groups in total. The molecule has 0 fully saturated rings. The summed E-state index contributed by atoms with van der Waals surface area (Å²) < 4.78 is 5.12. The minimum atomic E-state index is -0.371. The fraction of sp³-hybridized carbons (Fsp3) is 0.533. The number of ether oxygens (including phenoxy) is 1. The van der Waals surface area contributed by atoms with Crippen LogP contribution in [0, 0.1) is 5.92 Å². The van der Waals surface area contributed by atoms with Gasteiger partial charge in [-0.15, -0.1) is 0 Å². The predicted molar refractivity (Wildman–Crippen MR) is 74.6 cm³/mol. The topological polar surface area (TPSA) is 63.7 Å². The number of esters is 1. The first kappa shape index (κ1) is 16.1. The van der Waals surface area contributed by atoms with Crippen molar-refractivity contribution in [2.45, 2.75) is 34.6 Å². The van der Waals surface area contributed by atoms with Crippen molar-refractivity contribution in [3.05, 3.63) is 22.8 Å². The number of carbonyl (C=O) groups is 3. The molecule has 5 heteroatoms. The van der Waals surface area contributed by atoms with Crippen molar-refractivity contribution < 1.29 is 19.1 Å². The highest BCUT2D eigenvalue weighted by molar-refractivity contribution is 6.18. The molecule has 0 unspecified atom stereocenters. The van der Waals surface area contributed by atoms with E-state index in [1.165, 1.54) is 4.90 Å². The van der Waals surface area contributed by atoms with E-state index in [9.17, 15) is 14.4 Å². The average molecular weight is 279 g/mol. The summed E-state index contributed by atoms with van der Waals surface area (Å²) in [6.45, 7) is 9.01. The largest absolute Gasteiger partial charge is 0.462 e. The predicted octanol–water partition coefficient (Wildman–Crippen LogP) is 1.84. The second-order valence-corrected chi connectivity index (χ2v) is 5.15. The number of allylic oxidation sites excluding steroid dienone is 1. The van der Waals surface area contributed by atoms with E-state index in [1.54, 1.807) is 33.8 Å². The molecule has 1 aliphatic rings. The van der Waals surface area contributed by atoms with Crippen LogP contribution in [0.5, 0.6) is 0 Å². The number of hydrogen-bond acceptors (Lipinski definition) is 4. The molecule has 1 rings (SSSR count). The van der Waals surface area contributed by atoms with Gasteiger partial charge in [0.1, 0.15) is 0 Å². The van der Waals surface area contributed by atoms with E-state index in [0.717, 1.165) is 0 Å².